The molecule has 20 heavy (non-hydrogen) atoms. The molecule has 1 rings (SSSR count). The van der Waals surface area contributed by atoms with E-state index in [0.717, 1.165) is 24.3 Å². The van der Waals surface area contributed by atoms with Gasteiger partial charge in [0, 0.05) is 17.7 Å². The zero-order chi connectivity index (χ0) is 15.1. The van der Waals surface area contributed by atoms with Gasteiger partial charge in [-0.2, -0.15) is 0 Å². The SMILES string of the molecule is CCCNC(c1cc(Cl)ccc1OC)C(OC)C(C)C. The maximum atomic E-state index is 6.16. The van der Waals surface area contributed by atoms with Gasteiger partial charge in [-0.1, -0.05) is 32.4 Å². The van der Waals surface area contributed by atoms with E-state index in [0.29, 0.717) is 10.9 Å². The first-order valence-corrected chi connectivity index (χ1v) is 7.52. The summed E-state index contributed by atoms with van der Waals surface area (Å²) >= 11 is 6.16. The van der Waals surface area contributed by atoms with Gasteiger partial charge < -0.3 is 14.8 Å². The Morgan fingerprint density at radius 1 is 1.25 bits per heavy atom. The lowest BCUT2D eigenvalue weighted by Gasteiger charge is -2.31. The Morgan fingerprint density at radius 2 is 1.95 bits per heavy atom. The van der Waals surface area contributed by atoms with E-state index in [2.05, 4.69) is 26.1 Å². The summed E-state index contributed by atoms with van der Waals surface area (Å²) in [4.78, 5) is 0. The molecule has 0 radical (unpaired) electrons. The van der Waals surface area contributed by atoms with Crippen molar-refractivity contribution in [2.45, 2.75) is 39.3 Å². The monoisotopic (exact) mass is 299 g/mol. The van der Waals surface area contributed by atoms with E-state index in [9.17, 15) is 0 Å². The van der Waals surface area contributed by atoms with Crippen LogP contribution in [-0.2, 0) is 4.74 Å². The maximum absolute atomic E-state index is 6.16. The van der Waals surface area contributed by atoms with Crippen molar-refractivity contribution in [1.29, 1.82) is 0 Å². The van der Waals surface area contributed by atoms with Gasteiger partial charge in [0.05, 0.1) is 19.3 Å². The summed E-state index contributed by atoms with van der Waals surface area (Å²) in [5.41, 5.74) is 1.05. The molecule has 0 saturated heterocycles. The van der Waals surface area contributed by atoms with Crippen LogP contribution in [0.5, 0.6) is 5.75 Å². The molecule has 0 aliphatic rings. The molecule has 1 aromatic carbocycles. The second-order valence-electron chi connectivity index (χ2n) is 5.26. The molecular formula is C16H26ClNO2. The third kappa shape index (κ3) is 4.37. The minimum absolute atomic E-state index is 0.0635. The van der Waals surface area contributed by atoms with Crippen LogP contribution in [-0.4, -0.2) is 26.9 Å². The summed E-state index contributed by atoms with van der Waals surface area (Å²) in [7, 11) is 3.43. The number of nitrogens with one attached hydrogen (secondary N) is 1. The average Bonchev–Trinajstić information content (AvgIpc) is 2.42. The predicted octanol–water partition coefficient (Wildman–Crippen LogP) is 4.06. The highest BCUT2D eigenvalue weighted by atomic mass is 35.5. The van der Waals surface area contributed by atoms with Crippen LogP contribution in [0.2, 0.25) is 5.02 Å². The summed E-state index contributed by atoms with van der Waals surface area (Å²) in [5.74, 6) is 1.23. The van der Waals surface area contributed by atoms with Crippen molar-refractivity contribution < 1.29 is 9.47 Å². The van der Waals surface area contributed by atoms with Crippen LogP contribution in [0.4, 0.5) is 0 Å². The number of methoxy groups -OCH3 is 2. The van der Waals surface area contributed by atoms with E-state index < -0.39 is 0 Å². The van der Waals surface area contributed by atoms with Crippen molar-refractivity contribution in [2.75, 3.05) is 20.8 Å². The topological polar surface area (TPSA) is 30.5 Å². The van der Waals surface area contributed by atoms with Gasteiger partial charge in [-0.3, -0.25) is 0 Å². The molecule has 0 saturated carbocycles. The van der Waals surface area contributed by atoms with Crippen molar-refractivity contribution in [1.82, 2.24) is 5.32 Å². The van der Waals surface area contributed by atoms with E-state index in [1.807, 2.05) is 18.2 Å². The fraction of sp³-hybridized carbons (Fsp3) is 0.625. The van der Waals surface area contributed by atoms with E-state index in [1.165, 1.54) is 0 Å². The van der Waals surface area contributed by atoms with Crippen LogP contribution < -0.4 is 10.1 Å². The molecule has 0 spiro atoms. The van der Waals surface area contributed by atoms with Crippen molar-refractivity contribution in [3.05, 3.63) is 28.8 Å². The van der Waals surface area contributed by atoms with Crippen molar-refractivity contribution in [3.8, 4) is 5.75 Å². The van der Waals surface area contributed by atoms with Crippen LogP contribution in [0.15, 0.2) is 18.2 Å². The molecule has 0 aromatic heterocycles. The molecule has 1 N–H and O–H groups in total. The summed E-state index contributed by atoms with van der Waals surface area (Å²) < 4.78 is 11.2. The molecule has 0 fully saturated rings. The highest BCUT2D eigenvalue weighted by molar-refractivity contribution is 6.30. The Balaban J connectivity index is 3.18. The first kappa shape index (κ1) is 17.3. The van der Waals surface area contributed by atoms with Gasteiger partial charge in [0.2, 0.25) is 0 Å². The van der Waals surface area contributed by atoms with Crippen LogP contribution in [0.1, 0.15) is 38.8 Å². The molecule has 0 heterocycles. The van der Waals surface area contributed by atoms with E-state index >= 15 is 0 Å². The average molecular weight is 300 g/mol. The fourth-order valence-electron chi connectivity index (χ4n) is 2.44. The second-order valence-corrected chi connectivity index (χ2v) is 5.70. The molecule has 3 nitrogen and oxygen atoms in total. The summed E-state index contributed by atoms with van der Waals surface area (Å²) in [5, 5.41) is 4.27. The normalized spacial score (nSPS) is 14.3. The Morgan fingerprint density at radius 3 is 2.45 bits per heavy atom. The zero-order valence-corrected chi connectivity index (χ0v) is 13.8. The lowest BCUT2D eigenvalue weighted by Crippen LogP contribution is -2.37. The molecule has 0 aliphatic carbocycles. The van der Waals surface area contributed by atoms with Crippen LogP contribution in [0.3, 0.4) is 0 Å². The lowest BCUT2D eigenvalue weighted by atomic mass is 9.92. The molecule has 4 heteroatoms. The van der Waals surface area contributed by atoms with Gasteiger partial charge in [0.15, 0.2) is 0 Å². The van der Waals surface area contributed by atoms with Crippen LogP contribution in [0.25, 0.3) is 0 Å². The lowest BCUT2D eigenvalue weighted by molar-refractivity contribution is 0.0320. The number of hydrogen-bond acceptors (Lipinski definition) is 3. The third-order valence-electron chi connectivity index (χ3n) is 3.40. The molecule has 2 atom stereocenters. The van der Waals surface area contributed by atoms with Gasteiger partial charge in [-0.15, -0.1) is 0 Å². The quantitative estimate of drug-likeness (QED) is 0.785. The standard InChI is InChI=1S/C16H26ClNO2/c1-6-9-18-15(16(20-5)11(2)3)13-10-12(17)7-8-14(13)19-4/h7-8,10-11,15-16,18H,6,9H2,1-5H3. The smallest absolute Gasteiger partial charge is 0.123 e. The number of rotatable bonds is 8. The third-order valence-corrected chi connectivity index (χ3v) is 3.63. The molecule has 0 amide bonds. The largest absolute Gasteiger partial charge is 0.496 e. The van der Waals surface area contributed by atoms with Gasteiger partial charge in [-0.25, -0.2) is 0 Å². The predicted molar refractivity (Wildman–Crippen MR) is 84.7 cm³/mol. The summed E-state index contributed by atoms with van der Waals surface area (Å²) in [6.07, 6.45) is 1.13. The molecule has 114 valence electrons. The van der Waals surface area contributed by atoms with E-state index in [1.54, 1.807) is 14.2 Å². The minimum Gasteiger partial charge on any atom is -0.496 e. The number of hydrogen-bond donors (Lipinski definition) is 1. The molecule has 2 unspecified atom stereocenters. The number of halogens is 1. The molecule has 0 bridgehead atoms. The van der Waals surface area contributed by atoms with E-state index in [4.69, 9.17) is 21.1 Å². The van der Waals surface area contributed by atoms with Crippen LogP contribution in [0, 0.1) is 5.92 Å². The Bertz CT molecular complexity index is 409. The first-order chi connectivity index (χ1) is 9.54. The number of ether oxygens (including phenoxy) is 2. The first-order valence-electron chi connectivity index (χ1n) is 7.14. The second kappa shape index (κ2) is 8.50. The Kier molecular flexibility index (Phi) is 7.35. The highest BCUT2D eigenvalue weighted by Crippen LogP contribution is 2.33. The van der Waals surface area contributed by atoms with Crippen molar-refractivity contribution in [3.63, 3.8) is 0 Å². The molecular weight excluding hydrogens is 274 g/mol. The van der Waals surface area contributed by atoms with Gasteiger partial charge in [0.1, 0.15) is 5.75 Å². The zero-order valence-electron chi connectivity index (χ0n) is 13.1. The fourth-order valence-corrected chi connectivity index (χ4v) is 2.62. The van der Waals surface area contributed by atoms with Gasteiger partial charge in [-0.05, 0) is 37.1 Å². The maximum Gasteiger partial charge on any atom is 0.123 e. The Labute approximate surface area is 127 Å². The minimum atomic E-state index is 0.0635. The van der Waals surface area contributed by atoms with Crippen LogP contribution >= 0.6 is 11.6 Å². The highest BCUT2D eigenvalue weighted by Gasteiger charge is 2.28. The molecule has 1 aromatic rings. The van der Waals surface area contributed by atoms with Gasteiger partial charge >= 0.3 is 0 Å². The molecule has 0 aliphatic heterocycles. The summed E-state index contributed by atoms with van der Waals surface area (Å²) in [6.45, 7) is 7.39. The Hall–Kier alpha value is -0.770. The van der Waals surface area contributed by atoms with Gasteiger partial charge in [0.25, 0.3) is 0 Å². The summed E-state index contributed by atoms with van der Waals surface area (Å²) in [6, 6.07) is 5.78. The van der Waals surface area contributed by atoms with E-state index in [-0.39, 0.29) is 12.1 Å². The van der Waals surface area contributed by atoms with Crippen molar-refractivity contribution >= 4 is 11.6 Å². The van der Waals surface area contributed by atoms with Crippen molar-refractivity contribution in [2.24, 2.45) is 5.92 Å². The number of benzene rings is 1.